The normalized spacial score (nSPS) is 15.3. The Morgan fingerprint density at radius 1 is 1.04 bits per heavy atom. The molecule has 2 heterocycles. The molecule has 0 aliphatic carbocycles. The van der Waals surface area contributed by atoms with Crippen molar-refractivity contribution in [3.63, 3.8) is 0 Å². The third kappa shape index (κ3) is 2.92. The molecular weight excluding hydrogens is 400 g/mol. The van der Waals surface area contributed by atoms with Gasteiger partial charge in [0, 0.05) is 33.0 Å². The maximum absolute atomic E-state index is 12.5. The molecular formula is C19H19BrN2O4. The summed E-state index contributed by atoms with van der Waals surface area (Å²) in [6.07, 6.45) is 1.82. The molecule has 7 heteroatoms. The van der Waals surface area contributed by atoms with Crippen LogP contribution < -0.4 is 5.32 Å². The molecule has 2 N–H and O–H groups in total. The van der Waals surface area contributed by atoms with Crippen LogP contribution >= 0.6 is 15.9 Å². The van der Waals surface area contributed by atoms with Crippen molar-refractivity contribution in [2.75, 3.05) is 14.2 Å². The van der Waals surface area contributed by atoms with Crippen molar-refractivity contribution in [1.29, 1.82) is 0 Å². The third-order valence-electron chi connectivity index (χ3n) is 4.56. The summed E-state index contributed by atoms with van der Waals surface area (Å²) >= 11 is 3.48. The number of ether oxygens (including phenoxy) is 2. The van der Waals surface area contributed by atoms with Crippen molar-refractivity contribution in [3.05, 3.63) is 57.0 Å². The number of carbonyl (C=O) groups excluding carboxylic acids is 2. The van der Waals surface area contributed by atoms with Crippen LogP contribution in [0, 0.1) is 0 Å². The van der Waals surface area contributed by atoms with Gasteiger partial charge in [-0.25, -0.2) is 9.59 Å². The van der Waals surface area contributed by atoms with Gasteiger partial charge in [-0.2, -0.15) is 0 Å². The lowest BCUT2D eigenvalue weighted by molar-refractivity contribution is -0.137. The highest BCUT2D eigenvalue weighted by Gasteiger charge is 2.38. The number of H-pyrrole nitrogens is 1. The minimum absolute atomic E-state index is 0.388. The van der Waals surface area contributed by atoms with Crippen LogP contribution in [0.25, 0.3) is 10.9 Å². The zero-order valence-corrected chi connectivity index (χ0v) is 16.5. The van der Waals surface area contributed by atoms with E-state index < -0.39 is 17.9 Å². The van der Waals surface area contributed by atoms with Crippen LogP contribution in [0.15, 0.2) is 51.4 Å². The SMILES string of the molecule is COC(=O)C1=C(C)NC(C)=C(C(=O)OC)C1c1c[nH]c2ccc(Br)cc12. The molecule has 3 rings (SSSR count). The molecule has 6 nitrogen and oxygen atoms in total. The maximum Gasteiger partial charge on any atom is 0.336 e. The topological polar surface area (TPSA) is 80.4 Å². The Labute approximate surface area is 159 Å². The first-order chi connectivity index (χ1) is 12.4. The molecule has 2 aromatic rings. The first-order valence-electron chi connectivity index (χ1n) is 8.00. The summed E-state index contributed by atoms with van der Waals surface area (Å²) in [5, 5.41) is 4.01. The number of dihydropyridines is 1. The molecule has 0 amide bonds. The van der Waals surface area contributed by atoms with Crippen molar-refractivity contribution in [1.82, 2.24) is 10.3 Å². The monoisotopic (exact) mass is 418 g/mol. The van der Waals surface area contributed by atoms with Gasteiger partial charge >= 0.3 is 11.9 Å². The van der Waals surface area contributed by atoms with Gasteiger partial charge in [0.2, 0.25) is 0 Å². The van der Waals surface area contributed by atoms with E-state index in [1.165, 1.54) is 14.2 Å². The van der Waals surface area contributed by atoms with Crippen molar-refractivity contribution < 1.29 is 19.1 Å². The molecule has 0 fully saturated rings. The molecule has 136 valence electrons. The van der Waals surface area contributed by atoms with Gasteiger partial charge in [0.05, 0.1) is 31.3 Å². The number of hydrogen-bond donors (Lipinski definition) is 2. The highest BCUT2D eigenvalue weighted by molar-refractivity contribution is 9.10. The Morgan fingerprint density at radius 2 is 1.62 bits per heavy atom. The van der Waals surface area contributed by atoms with Crippen LogP contribution in [0.4, 0.5) is 0 Å². The molecule has 0 spiro atoms. The van der Waals surface area contributed by atoms with Gasteiger partial charge < -0.3 is 19.8 Å². The number of esters is 2. The Bertz CT molecular complexity index is 933. The number of carbonyl (C=O) groups is 2. The van der Waals surface area contributed by atoms with E-state index in [9.17, 15) is 9.59 Å². The fourth-order valence-corrected chi connectivity index (χ4v) is 3.78. The summed E-state index contributed by atoms with van der Waals surface area (Å²) in [6.45, 7) is 3.59. The number of rotatable bonds is 3. The average Bonchev–Trinajstić information content (AvgIpc) is 3.02. The van der Waals surface area contributed by atoms with Crippen molar-refractivity contribution in [2.24, 2.45) is 0 Å². The number of allylic oxidation sites excluding steroid dienone is 2. The average molecular weight is 419 g/mol. The molecule has 26 heavy (non-hydrogen) atoms. The molecule has 1 aliphatic rings. The number of aromatic nitrogens is 1. The van der Waals surface area contributed by atoms with E-state index in [1.54, 1.807) is 13.8 Å². The number of fused-ring (bicyclic) bond motifs is 1. The van der Waals surface area contributed by atoms with Gasteiger partial charge in [-0.05, 0) is 37.6 Å². The highest BCUT2D eigenvalue weighted by atomic mass is 79.9. The van der Waals surface area contributed by atoms with E-state index in [2.05, 4.69) is 26.2 Å². The summed E-state index contributed by atoms with van der Waals surface area (Å²) in [6, 6.07) is 5.82. The molecule has 0 radical (unpaired) electrons. The highest BCUT2D eigenvalue weighted by Crippen LogP contribution is 2.42. The van der Waals surface area contributed by atoms with Gasteiger partial charge in [0.1, 0.15) is 0 Å². The lowest BCUT2D eigenvalue weighted by Gasteiger charge is -2.29. The van der Waals surface area contributed by atoms with E-state index >= 15 is 0 Å². The summed E-state index contributed by atoms with van der Waals surface area (Å²) in [5.74, 6) is -1.57. The largest absolute Gasteiger partial charge is 0.466 e. The zero-order valence-electron chi connectivity index (χ0n) is 14.9. The predicted molar refractivity (Wildman–Crippen MR) is 101 cm³/mol. The summed E-state index contributed by atoms with van der Waals surface area (Å²) in [4.78, 5) is 28.3. The van der Waals surface area contributed by atoms with Gasteiger partial charge in [0.15, 0.2) is 0 Å². The fourth-order valence-electron chi connectivity index (χ4n) is 3.42. The Kier molecular flexibility index (Phi) is 4.91. The smallest absolute Gasteiger partial charge is 0.336 e. The maximum atomic E-state index is 12.5. The minimum Gasteiger partial charge on any atom is -0.466 e. The third-order valence-corrected chi connectivity index (χ3v) is 5.05. The standard InChI is InChI=1S/C19H19BrN2O4/c1-9-15(18(23)25-3)17(16(10(2)22-9)19(24)26-4)13-8-21-14-6-5-11(20)7-12(13)14/h5-8,17,21-22H,1-4H3. The lowest BCUT2D eigenvalue weighted by atomic mass is 9.80. The van der Waals surface area contributed by atoms with Crippen LogP contribution in [-0.2, 0) is 19.1 Å². The number of nitrogens with one attached hydrogen (secondary N) is 2. The Hall–Kier alpha value is -2.54. The number of hydrogen-bond acceptors (Lipinski definition) is 5. The Balaban J connectivity index is 2.31. The van der Waals surface area contributed by atoms with Crippen LogP contribution in [0.5, 0.6) is 0 Å². The molecule has 1 aliphatic heterocycles. The first kappa shape index (κ1) is 18.3. The number of methoxy groups -OCH3 is 2. The number of benzene rings is 1. The second-order valence-corrected chi connectivity index (χ2v) is 6.97. The molecule has 0 bridgehead atoms. The van der Waals surface area contributed by atoms with Crippen LogP contribution in [0.1, 0.15) is 25.3 Å². The van der Waals surface area contributed by atoms with Crippen LogP contribution in [0.3, 0.4) is 0 Å². The lowest BCUT2D eigenvalue weighted by Crippen LogP contribution is -2.31. The molecule has 0 unspecified atom stereocenters. The molecule has 0 atom stereocenters. The number of halogens is 1. The van der Waals surface area contributed by atoms with E-state index in [0.717, 1.165) is 20.9 Å². The van der Waals surface area contributed by atoms with Gasteiger partial charge in [-0.3, -0.25) is 0 Å². The minimum atomic E-state index is -0.598. The van der Waals surface area contributed by atoms with E-state index in [1.807, 2.05) is 24.4 Å². The summed E-state index contributed by atoms with van der Waals surface area (Å²) in [7, 11) is 2.66. The van der Waals surface area contributed by atoms with Gasteiger partial charge in [-0.1, -0.05) is 15.9 Å². The van der Waals surface area contributed by atoms with Crippen LogP contribution in [-0.4, -0.2) is 31.1 Å². The van der Waals surface area contributed by atoms with Gasteiger partial charge in [0.25, 0.3) is 0 Å². The zero-order chi connectivity index (χ0) is 19.0. The van der Waals surface area contributed by atoms with Crippen molar-refractivity contribution >= 4 is 38.8 Å². The second kappa shape index (κ2) is 6.99. The van der Waals surface area contributed by atoms with Crippen molar-refractivity contribution in [2.45, 2.75) is 19.8 Å². The molecule has 0 saturated heterocycles. The quantitative estimate of drug-likeness (QED) is 0.745. The predicted octanol–water partition coefficient (Wildman–Crippen LogP) is 3.51. The van der Waals surface area contributed by atoms with E-state index in [4.69, 9.17) is 9.47 Å². The van der Waals surface area contributed by atoms with E-state index in [-0.39, 0.29) is 0 Å². The van der Waals surface area contributed by atoms with Gasteiger partial charge in [-0.15, -0.1) is 0 Å². The van der Waals surface area contributed by atoms with Crippen molar-refractivity contribution in [3.8, 4) is 0 Å². The Morgan fingerprint density at radius 3 is 2.15 bits per heavy atom. The molecule has 1 aromatic heterocycles. The first-order valence-corrected chi connectivity index (χ1v) is 8.80. The van der Waals surface area contributed by atoms with E-state index in [0.29, 0.717) is 22.5 Å². The fraction of sp³-hybridized carbons (Fsp3) is 0.263. The number of aromatic amines is 1. The molecule has 1 aromatic carbocycles. The summed E-state index contributed by atoms with van der Waals surface area (Å²) < 4.78 is 10.9. The second-order valence-electron chi connectivity index (χ2n) is 6.05. The summed E-state index contributed by atoms with van der Waals surface area (Å²) in [5.41, 5.74) is 3.79. The van der Waals surface area contributed by atoms with Crippen LogP contribution in [0.2, 0.25) is 0 Å². The molecule has 0 saturated carbocycles.